The number of carboxylic acid groups (broad SMARTS) is 1. The van der Waals surface area contributed by atoms with Gasteiger partial charge in [0.2, 0.25) is 0 Å². The van der Waals surface area contributed by atoms with E-state index in [4.69, 9.17) is 16.7 Å². The molecule has 1 aromatic rings. The van der Waals surface area contributed by atoms with Gasteiger partial charge in [0, 0.05) is 19.7 Å². The lowest BCUT2D eigenvalue weighted by atomic mass is 9.85. The molecule has 0 aliphatic heterocycles. The van der Waals surface area contributed by atoms with Gasteiger partial charge in [-0.05, 0) is 42.5 Å². The van der Waals surface area contributed by atoms with Crippen LogP contribution in [0.4, 0.5) is 5.69 Å². The van der Waals surface area contributed by atoms with E-state index in [1.807, 2.05) is 19.2 Å². The molecule has 0 amide bonds. The highest BCUT2D eigenvalue weighted by Crippen LogP contribution is 2.31. The number of carbonyl (C=O) groups is 1. The van der Waals surface area contributed by atoms with Crippen LogP contribution in [0.15, 0.2) is 24.3 Å². The first-order valence-electron chi connectivity index (χ1n) is 6.48. The van der Waals surface area contributed by atoms with Crippen molar-refractivity contribution >= 4 is 29.3 Å². The molecule has 0 unspecified atom stereocenters. The Labute approximate surface area is 118 Å². The first kappa shape index (κ1) is 13.9. The van der Waals surface area contributed by atoms with E-state index >= 15 is 0 Å². The van der Waals surface area contributed by atoms with Crippen molar-refractivity contribution in [2.24, 2.45) is 5.92 Å². The molecule has 19 heavy (non-hydrogen) atoms. The molecule has 1 fully saturated rings. The summed E-state index contributed by atoms with van der Waals surface area (Å²) in [5.74, 6) is -0.171. The first-order valence-corrected chi connectivity index (χ1v) is 6.86. The Hall–Kier alpha value is -1.48. The lowest BCUT2D eigenvalue weighted by Gasteiger charge is -2.31. The predicted molar refractivity (Wildman–Crippen MR) is 78.7 cm³/mol. The third-order valence-corrected chi connectivity index (χ3v) is 3.86. The standard InChI is InChI=1S/C15H18ClNO2/c1-17(10-12-3-2-4-12)14-7-5-11(9-13(14)16)6-8-15(18)19/h5-9,12H,2-4,10H2,1H3,(H,18,19)/b8-6+. The highest BCUT2D eigenvalue weighted by Gasteiger charge is 2.20. The van der Waals surface area contributed by atoms with Gasteiger partial charge in [-0.2, -0.15) is 0 Å². The number of carboxylic acids is 1. The molecule has 0 spiro atoms. The molecule has 0 radical (unpaired) electrons. The van der Waals surface area contributed by atoms with Crippen LogP contribution in [0.3, 0.4) is 0 Å². The van der Waals surface area contributed by atoms with Gasteiger partial charge in [-0.3, -0.25) is 0 Å². The molecule has 1 aromatic carbocycles. The molecule has 4 heteroatoms. The topological polar surface area (TPSA) is 40.5 Å². The van der Waals surface area contributed by atoms with Crippen molar-refractivity contribution in [2.75, 3.05) is 18.5 Å². The second-order valence-electron chi connectivity index (χ2n) is 5.06. The molecule has 1 N–H and O–H groups in total. The van der Waals surface area contributed by atoms with Crippen LogP contribution in [-0.4, -0.2) is 24.7 Å². The number of aliphatic carboxylic acids is 1. The second-order valence-corrected chi connectivity index (χ2v) is 5.47. The number of halogens is 1. The zero-order chi connectivity index (χ0) is 13.8. The maximum absolute atomic E-state index is 10.5. The van der Waals surface area contributed by atoms with Crippen LogP contribution in [-0.2, 0) is 4.79 Å². The van der Waals surface area contributed by atoms with Crippen LogP contribution >= 0.6 is 11.6 Å². The number of hydrogen-bond acceptors (Lipinski definition) is 2. The Balaban J connectivity index is 2.07. The van der Waals surface area contributed by atoms with E-state index in [9.17, 15) is 4.79 Å². The van der Waals surface area contributed by atoms with Crippen molar-refractivity contribution in [3.05, 3.63) is 34.9 Å². The summed E-state index contributed by atoms with van der Waals surface area (Å²) < 4.78 is 0. The Morgan fingerprint density at radius 1 is 1.53 bits per heavy atom. The minimum atomic E-state index is -0.956. The van der Waals surface area contributed by atoms with Gasteiger partial charge < -0.3 is 10.0 Å². The van der Waals surface area contributed by atoms with Gasteiger partial charge in [-0.15, -0.1) is 0 Å². The van der Waals surface area contributed by atoms with Gasteiger partial charge in [-0.1, -0.05) is 24.1 Å². The summed E-state index contributed by atoms with van der Waals surface area (Å²) in [5.41, 5.74) is 1.80. The summed E-state index contributed by atoms with van der Waals surface area (Å²) in [5, 5.41) is 9.25. The summed E-state index contributed by atoms with van der Waals surface area (Å²) in [6, 6.07) is 5.63. The molecule has 0 aromatic heterocycles. The Morgan fingerprint density at radius 3 is 2.79 bits per heavy atom. The fourth-order valence-electron chi connectivity index (χ4n) is 2.26. The van der Waals surface area contributed by atoms with Crippen LogP contribution in [0.1, 0.15) is 24.8 Å². The van der Waals surface area contributed by atoms with Gasteiger partial charge in [0.25, 0.3) is 0 Å². The van der Waals surface area contributed by atoms with E-state index < -0.39 is 5.97 Å². The number of hydrogen-bond donors (Lipinski definition) is 1. The summed E-state index contributed by atoms with van der Waals surface area (Å²) in [7, 11) is 2.05. The lowest BCUT2D eigenvalue weighted by Crippen LogP contribution is -2.29. The van der Waals surface area contributed by atoms with Crippen LogP contribution in [0.2, 0.25) is 5.02 Å². The third-order valence-electron chi connectivity index (χ3n) is 3.56. The molecular formula is C15H18ClNO2. The highest BCUT2D eigenvalue weighted by molar-refractivity contribution is 6.33. The maximum Gasteiger partial charge on any atom is 0.328 e. The number of rotatable bonds is 5. The molecule has 3 nitrogen and oxygen atoms in total. The van der Waals surface area contributed by atoms with E-state index in [0.717, 1.165) is 29.8 Å². The molecule has 1 aliphatic rings. The average Bonchev–Trinajstić information content (AvgIpc) is 2.31. The quantitative estimate of drug-likeness (QED) is 0.836. The monoisotopic (exact) mass is 279 g/mol. The van der Waals surface area contributed by atoms with Crippen LogP contribution in [0.25, 0.3) is 6.08 Å². The molecule has 0 saturated heterocycles. The van der Waals surface area contributed by atoms with E-state index in [1.54, 1.807) is 12.1 Å². The summed E-state index contributed by atoms with van der Waals surface area (Å²) in [4.78, 5) is 12.6. The van der Waals surface area contributed by atoms with Gasteiger partial charge in [0.1, 0.15) is 0 Å². The van der Waals surface area contributed by atoms with E-state index in [-0.39, 0.29) is 0 Å². The van der Waals surface area contributed by atoms with E-state index in [2.05, 4.69) is 4.90 Å². The van der Waals surface area contributed by atoms with Gasteiger partial charge >= 0.3 is 5.97 Å². The normalized spacial score (nSPS) is 15.5. The zero-order valence-electron chi connectivity index (χ0n) is 11.0. The molecular weight excluding hydrogens is 262 g/mol. The van der Waals surface area contributed by atoms with Crippen molar-refractivity contribution in [1.29, 1.82) is 0 Å². The smallest absolute Gasteiger partial charge is 0.328 e. The van der Waals surface area contributed by atoms with Crippen LogP contribution in [0, 0.1) is 5.92 Å². The summed E-state index contributed by atoms with van der Waals surface area (Å²) in [6.45, 7) is 1.03. The minimum Gasteiger partial charge on any atom is -0.478 e. The predicted octanol–water partition coefficient (Wildman–Crippen LogP) is 3.67. The summed E-state index contributed by atoms with van der Waals surface area (Å²) >= 11 is 6.26. The number of benzene rings is 1. The Morgan fingerprint density at radius 2 is 2.26 bits per heavy atom. The zero-order valence-corrected chi connectivity index (χ0v) is 11.7. The van der Waals surface area contributed by atoms with Gasteiger partial charge in [0.15, 0.2) is 0 Å². The second kappa shape index (κ2) is 6.11. The van der Waals surface area contributed by atoms with Crippen molar-refractivity contribution in [1.82, 2.24) is 0 Å². The maximum atomic E-state index is 10.5. The van der Waals surface area contributed by atoms with Gasteiger partial charge in [-0.25, -0.2) is 4.79 Å². The average molecular weight is 280 g/mol. The SMILES string of the molecule is CN(CC1CCC1)c1ccc(/C=C/C(=O)O)cc1Cl. The van der Waals surface area contributed by atoms with Gasteiger partial charge in [0.05, 0.1) is 10.7 Å². The Kier molecular flexibility index (Phi) is 4.48. The van der Waals surface area contributed by atoms with Crippen LogP contribution in [0.5, 0.6) is 0 Å². The molecule has 2 rings (SSSR count). The van der Waals surface area contributed by atoms with Crippen molar-refractivity contribution in [3.63, 3.8) is 0 Å². The number of nitrogens with zero attached hydrogens (tertiary/aromatic N) is 1. The highest BCUT2D eigenvalue weighted by atomic mass is 35.5. The fraction of sp³-hybridized carbons (Fsp3) is 0.400. The lowest BCUT2D eigenvalue weighted by molar-refractivity contribution is -0.131. The third kappa shape index (κ3) is 3.74. The summed E-state index contributed by atoms with van der Waals surface area (Å²) in [6.07, 6.45) is 6.61. The molecule has 0 heterocycles. The van der Waals surface area contributed by atoms with E-state index in [0.29, 0.717) is 5.02 Å². The Bertz CT molecular complexity index is 495. The van der Waals surface area contributed by atoms with Crippen molar-refractivity contribution in [2.45, 2.75) is 19.3 Å². The largest absolute Gasteiger partial charge is 0.478 e. The fourth-order valence-corrected chi connectivity index (χ4v) is 2.60. The van der Waals surface area contributed by atoms with Crippen molar-refractivity contribution < 1.29 is 9.90 Å². The molecule has 0 bridgehead atoms. The molecule has 102 valence electrons. The molecule has 0 atom stereocenters. The minimum absolute atomic E-state index is 0.661. The molecule has 1 aliphatic carbocycles. The number of anilines is 1. The van der Waals surface area contributed by atoms with Crippen molar-refractivity contribution in [3.8, 4) is 0 Å². The van der Waals surface area contributed by atoms with E-state index in [1.165, 1.54) is 19.3 Å². The van der Waals surface area contributed by atoms with Crippen LogP contribution < -0.4 is 4.90 Å². The molecule has 1 saturated carbocycles. The first-order chi connectivity index (χ1) is 9.06.